The fourth-order valence-electron chi connectivity index (χ4n) is 4.64. The van der Waals surface area contributed by atoms with E-state index in [9.17, 15) is 20.1 Å². The summed E-state index contributed by atoms with van der Waals surface area (Å²) >= 11 is 6.74. The van der Waals surface area contributed by atoms with E-state index in [0.29, 0.717) is 22.9 Å². The maximum Gasteiger partial charge on any atom is 0.224 e. The van der Waals surface area contributed by atoms with Crippen molar-refractivity contribution in [2.45, 2.75) is 43.9 Å². The summed E-state index contributed by atoms with van der Waals surface area (Å²) in [6, 6.07) is 20.5. The molecular weight excluding hydrogens is 562 g/mol. The van der Waals surface area contributed by atoms with Crippen LogP contribution in [0, 0.1) is 5.92 Å². The first kappa shape index (κ1) is 24.9. The van der Waals surface area contributed by atoms with Crippen molar-refractivity contribution >= 4 is 37.8 Å². The molecule has 7 heteroatoms. The van der Waals surface area contributed by atoms with Crippen LogP contribution >= 0.6 is 31.9 Å². The molecule has 0 saturated heterocycles. The van der Waals surface area contributed by atoms with Gasteiger partial charge in [-0.25, -0.2) is 0 Å². The summed E-state index contributed by atoms with van der Waals surface area (Å²) in [5, 5.41) is 34.9. The molecular formula is C27H27Br2NO4. The number of halogens is 2. The van der Waals surface area contributed by atoms with Gasteiger partial charge < -0.3 is 20.6 Å². The molecule has 0 aliphatic heterocycles. The third-order valence-electron chi connectivity index (χ3n) is 6.32. The minimum absolute atomic E-state index is 0.0806. The van der Waals surface area contributed by atoms with E-state index in [4.69, 9.17) is 0 Å². The second-order valence-electron chi connectivity index (χ2n) is 8.83. The Labute approximate surface area is 216 Å². The van der Waals surface area contributed by atoms with Gasteiger partial charge in [-0.1, -0.05) is 70.5 Å². The molecule has 34 heavy (non-hydrogen) atoms. The Bertz CT molecular complexity index is 1150. The van der Waals surface area contributed by atoms with Crippen molar-refractivity contribution in [2.24, 2.45) is 5.92 Å². The van der Waals surface area contributed by atoms with Crippen LogP contribution in [0.3, 0.4) is 0 Å². The van der Waals surface area contributed by atoms with Crippen LogP contribution in [0.25, 0.3) is 0 Å². The minimum Gasteiger partial charge on any atom is -0.506 e. The first-order valence-corrected chi connectivity index (χ1v) is 12.9. The molecule has 178 valence electrons. The van der Waals surface area contributed by atoms with Crippen LogP contribution in [0.5, 0.6) is 5.75 Å². The van der Waals surface area contributed by atoms with Crippen LogP contribution in [0.2, 0.25) is 0 Å². The molecule has 0 radical (unpaired) electrons. The highest BCUT2D eigenvalue weighted by molar-refractivity contribution is 9.11. The predicted molar refractivity (Wildman–Crippen MR) is 139 cm³/mol. The van der Waals surface area contributed by atoms with Gasteiger partial charge in [0, 0.05) is 23.2 Å². The van der Waals surface area contributed by atoms with Gasteiger partial charge in [-0.05, 0) is 63.2 Å². The molecule has 0 unspecified atom stereocenters. The quantitative estimate of drug-likeness (QED) is 0.303. The van der Waals surface area contributed by atoms with Gasteiger partial charge in [0.25, 0.3) is 0 Å². The summed E-state index contributed by atoms with van der Waals surface area (Å²) in [6.45, 7) is 0. The lowest BCUT2D eigenvalue weighted by Gasteiger charge is -2.24. The van der Waals surface area contributed by atoms with Crippen molar-refractivity contribution in [1.29, 1.82) is 0 Å². The zero-order valence-electron chi connectivity index (χ0n) is 18.5. The SMILES string of the molecule is O=C(N[C@H]1c2ccccc2C[C@H]1O)[C@H](Cc1ccccc1)C[C@H](O)Cc1cc(Br)cc(Br)c1O. The number of hydrogen-bond donors (Lipinski definition) is 4. The molecule has 0 heterocycles. The Kier molecular flexibility index (Phi) is 8.09. The fourth-order valence-corrected chi connectivity index (χ4v) is 5.95. The summed E-state index contributed by atoms with van der Waals surface area (Å²) in [7, 11) is 0. The molecule has 1 amide bonds. The number of nitrogens with one attached hydrogen (secondary N) is 1. The molecule has 0 spiro atoms. The van der Waals surface area contributed by atoms with Gasteiger partial charge in [0.2, 0.25) is 5.91 Å². The Morgan fingerprint density at radius 2 is 1.74 bits per heavy atom. The lowest BCUT2D eigenvalue weighted by Crippen LogP contribution is -2.39. The van der Waals surface area contributed by atoms with Crippen molar-refractivity contribution in [1.82, 2.24) is 5.32 Å². The number of carbonyl (C=O) groups excluding carboxylic acids is 1. The Hall–Kier alpha value is -2.19. The van der Waals surface area contributed by atoms with Crippen molar-refractivity contribution in [3.05, 3.63) is 97.9 Å². The van der Waals surface area contributed by atoms with Crippen LogP contribution in [0.4, 0.5) is 0 Å². The zero-order chi connectivity index (χ0) is 24.2. The number of benzene rings is 3. The molecule has 4 N–H and O–H groups in total. The number of aliphatic hydroxyl groups excluding tert-OH is 2. The topological polar surface area (TPSA) is 89.8 Å². The molecule has 3 aromatic rings. The number of phenols is 1. The van der Waals surface area contributed by atoms with Crippen LogP contribution in [-0.4, -0.2) is 33.4 Å². The van der Waals surface area contributed by atoms with Crippen molar-refractivity contribution in [2.75, 3.05) is 0 Å². The number of hydrogen-bond acceptors (Lipinski definition) is 4. The van der Waals surface area contributed by atoms with Gasteiger partial charge >= 0.3 is 0 Å². The largest absolute Gasteiger partial charge is 0.506 e. The number of amides is 1. The third kappa shape index (κ3) is 5.89. The zero-order valence-corrected chi connectivity index (χ0v) is 21.7. The lowest BCUT2D eigenvalue weighted by atomic mass is 9.90. The van der Waals surface area contributed by atoms with Crippen LogP contribution < -0.4 is 5.32 Å². The Balaban J connectivity index is 1.52. The number of carbonyl (C=O) groups is 1. The summed E-state index contributed by atoms with van der Waals surface area (Å²) in [6.07, 6.45) is -0.134. The van der Waals surface area contributed by atoms with Gasteiger partial charge in [-0.15, -0.1) is 0 Å². The minimum atomic E-state index is -0.840. The van der Waals surface area contributed by atoms with E-state index in [0.717, 1.165) is 21.2 Å². The predicted octanol–water partition coefficient (Wildman–Crippen LogP) is 4.84. The maximum atomic E-state index is 13.4. The maximum absolute atomic E-state index is 13.4. The molecule has 5 nitrogen and oxygen atoms in total. The number of aromatic hydroxyl groups is 1. The van der Waals surface area contributed by atoms with Crippen molar-refractivity contribution in [3.8, 4) is 5.75 Å². The van der Waals surface area contributed by atoms with E-state index in [-0.39, 0.29) is 24.5 Å². The van der Waals surface area contributed by atoms with E-state index in [1.807, 2.05) is 54.6 Å². The summed E-state index contributed by atoms with van der Waals surface area (Å²) in [4.78, 5) is 13.4. The smallest absolute Gasteiger partial charge is 0.224 e. The second-order valence-corrected chi connectivity index (χ2v) is 10.6. The molecule has 0 saturated carbocycles. The van der Waals surface area contributed by atoms with Crippen molar-refractivity contribution in [3.63, 3.8) is 0 Å². The van der Waals surface area contributed by atoms with Crippen LogP contribution in [-0.2, 0) is 24.1 Å². The molecule has 3 aromatic carbocycles. The lowest BCUT2D eigenvalue weighted by molar-refractivity contribution is -0.127. The highest BCUT2D eigenvalue weighted by Crippen LogP contribution is 2.34. The van der Waals surface area contributed by atoms with Gasteiger partial charge in [0.1, 0.15) is 5.75 Å². The van der Waals surface area contributed by atoms with E-state index in [2.05, 4.69) is 37.2 Å². The van der Waals surface area contributed by atoms with E-state index in [1.54, 1.807) is 12.1 Å². The van der Waals surface area contributed by atoms with Crippen LogP contribution in [0.15, 0.2) is 75.7 Å². The van der Waals surface area contributed by atoms with Gasteiger partial charge in [-0.3, -0.25) is 4.79 Å². The molecule has 0 bridgehead atoms. The molecule has 1 aliphatic carbocycles. The van der Waals surface area contributed by atoms with Gasteiger partial charge in [0.15, 0.2) is 0 Å². The number of aliphatic hydroxyl groups is 2. The fraction of sp³-hybridized carbons (Fsp3) is 0.296. The summed E-state index contributed by atoms with van der Waals surface area (Å²) < 4.78 is 1.32. The van der Waals surface area contributed by atoms with Gasteiger partial charge in [-0.2, -0.15) is 0 Å². The van der Waals surface area contributed by atoms with E-state index < -0.39 is 24.2 Å². The third-order valence-corrected chi connectivity index (χ3v) is 7.38. The molecule has 1 aliphatic rings. The second kappa shape index (κ2) is 11.0. The highest BCUT2D eigenvalue weighted by atomic mass is 79.9. The Morgan fingerprint density at radius 3 is 2.50 bits per heavy atom. The van der Waals surface area contributed by atoms with Gasteiger partial charge in [0.05, 0.1) is 22.7 Å². The average Bonchev–Trinajstić information content (AvgIpc) is 3.12. The first-order chi connectivity index (χ1) is 16.3. The molecule has 4 rings (SSSR count). The summed E-state index contributed by atoms with van der Waals surface area (Å²) in [5.41, 5.74) is 3.56. The summed E-state index contributed by atoms with van der Waals surface area (Å²) in [5.74, 6) is -0.629. The monoisotopic (exact) mass is 587 g/mol. The van der Waals surface area contributed by atoms with Crippen LogP contribution in [0.1, 0.15) is 34.7 Å². The highest BCUT2D eigenvalue weighted by Gasteiger charge is 2.34. The number of phenolic OH excluding ortho intramolecular Hbond substituents is 1. The number of rotatable bonds is 8. The Morgan fingerprint density at radius 1 is 1.03 bits per heavy atom. The average molecular weight is 589 g/mol. The molecule has 0 fully saturated rings. The molecule has 0 aromatic heterocycles. The van der Waals surface area contributed by atoms with Crippen molar-refractivity contribution < 1.29 is 20.1 Å². The first-order valence-electron chi connectivity index (χ1n) is 11.3. The van der Waals surface area contributed by atoms with E-state index in [1.165, 1.54) is 0 Å². The standard InChI is InChI=1S/C27H27Br2NO4/c28-20-11-18(26(33)23(29)15-20)12-21(31)13-19(10-16-6-2-1-3-7-16)27(34)30-25-22-9-5-4-8-17(22)14-24(25)32/h1-9,11,15,19,21,24-25,31-33H,10,12-14H2,(H,30,34)/t19-,21-,24-,25+/m1/s1. The molecule has 4 atom stereocenters. The normalized spacial score (nSPS) is 18.8. The number of fused-ring (bicyclic) bond motifs is 1. The van der Waals surface area contributed by atoms with E-state index >= 15 is 0 Å².